The predicted molar refractivity (Wildman–Crippen MR) is 77.6 cm³/mol. The fraction of sp³-hybridized carbons (Fsp3) is 0.286. The third-order valence-corrected chi connectivity index (χ3v) is 3.33. The fourth-order valence-electron chi connectivity index (χ4n) is 1.44. The van der Waals surface area contributed by atoms with E-state index in [4.69, 9.17) is 5.11 Å². The van der Waals surface area contributed by atoms with E-state index in [0.717, 1.165) is 17.1 Å². The number of thioether (sulfide) groups is 1. The quantitative estimate of drug-likeness (QED) is 0.564. The van der Waals surface area contributed by atoms with Gasteiger partial charge in [0.05, 0.1) is 12.0 Å². The summed E-state index contributed by atoms with van der Waals surface area (Å²) in [5.41, 5.74) is 1.03. The molecule has 0 aliphatic carbocycles. The molecular formula is C14H17NO3S. The molecule has 0 fully saturated rings. The molecular weight excluding hydrogens is 262 g/mol. The molecule has 1 rings (SSSR count). The van der Waals surface area contributed by atoms with Crippen LogP contribution >= 0.6 is 11.8 Å². The molecule has 19 heavy (non-hydrogen) atoms. The largest absolute Gasteiger partial charge is 0.478 e. The van der Waals surface area contributed by atoms with Crippen molar-refractivity contribution >= 4 is 23.6 Å². The minimum atomic E-state index is -0.963. The Morgan fingerprint density at radius 1 is 1.32 bits per heavy atom. The number of benzene rings is 1. The van der Waals surface area contributed by atoms with Gasteiger partial charge in [0.1, 0.15) is 0 Å². The monoisotopic (exact) mass is 279 g/mol. The molecule has 0 radical (unpaired) electrons. The molecule has 1 aromatic rings. The van der Waals surface area contributed by atoms with Crippen LogP contribution in [0.1, 0.15) is 15.9 Å². The molecule has 0 saturated carbocycles. The molecule has 2 N–H and O–H groups in total. The van der Waals surface area contributed by atoms with Crippen molar-refractivity contribution in [3.63, 3.8) is 0 Å². The van der Waals surface area contributed by atoms with Gasteiger partial charge < -0.3 is 10.4 Å². The molecule has 0 atom stereocenters. The molecule has 1 aromatic carbocycles. The molecule has 0 aromatic heterocycles. The smallest absolute Gasteiger partial charge is 0.335 e. The Morgan fingerprint density at radius 3 is 2.58 bits per heavy atom. The van der Waals surface area contributed by atoms with Crippen LogP contribution in [0.3, 0.4) is 0 Å². The van der Waals surface area contributed by atoms with E-state index in [1.54, 1.807) is 23.9 Å². The van der Waals surface area contributed by atoms with Gasteiger partial charge in [-0.15, -0.1) is 6.58 Å². The average Bonchev–Trinajstić information content (AvgIpc) is 2.39. The van der Waals surface area contributed by atoms with Gasteiger partial charge >= 0.3 is 5.97 Å². The summed E-state index contributed by atoms with van der Waals surface area (Å²) in [6.45, 7) is 4.25. The van der Waals surface area contributed by atoms with Crippen molar-refractivity contribution in [1.82, 2.24) is 5.32 Å². The zero-order chi connectivity index (χ0) is 14.1. The lowest BCUT2D eigenvalue weighted by Crippen LogP contribution is -2.27. The van der Waals surface area contributed by atoms with Crippen molar-refractivity contribution in [2.45, 2.75) is 6.42 Å². The van der Waals surface area contributed by atoms with E-state index in [1.165, 1.54) is 12.1 Å². The number of nitrogens with one attached hydrogen (secondary N) is 1. The normalized spacial score (nSPS) is 9.89. The molecule has 0 saturated heterocycles. The number of amides is 1. The summed E-state index contributed by atoms with van der Waals surface area (Å²) in [6.07, 6.45) is 2.10. The number of carbonyl (C=O) groups excluding carboxylic acids is 1. The highest BCUT2D eigenvalue weighted by Crippen LogP contribution is 2.05. The maximum atomic E-state index is 11.6. The van der Waals surface area contributed by atoms with Crippen molar-refractivity contribution in [2.75, 3.05) is 18.1 Å². The maximum Gasteiger partial charge on any atom is 0.335 e. The Hall–Kier alpha value is -1.75. The number of carbonyl (C=O) groups is 2. The first-order chi connectivity index (χ1) is 9.13. The zero-order valence-electron chi connectivity index (χ0n) is 10.6. The minimum Gasteiger partial charge on any atom is -0.478 e. The van der Waals surface area contributed by atoms with E-state index in [2.05, 4.69) is 11.9 Å². The molecule has 0 heterocycles. The van der Waals surface area contributed by atoms with E-state index >= 15 is 0 Å². The summed E-state index contributed by atoms with van der Waals surface area (Å²) in [7, 11) is 0. The second-order valence-corrected chi connectivity index (χ2v) is 5.04. The molecule has 0 spiro atoms. The molecule has 5 heteroatoms. The summed E-state index contributed by atoms with van der Waals surface area (Å²) < 4.78 is 0. The van der Waals surface area contributed by atoms with Crippen LogP contribution in [-0.2, 0) is 11.2 Å². The van der Waals surface area contributed by atoms with E-state index in [9.17, 15) is 9.59 Å². The van der Waals surface area contributed by atoms with Gasteiger partial charge in [-0.1, -0.05) is 18.2 Å². The van der Waals surface area contributed by atoms with Gasteiger partial charge in [-0.25, -0.2) is 4.79 Å². The SMILES string of the molecule is C=CCSCCNC(=O)Cc1ccc(C(=O)O)cc1. The average molecular weight is 279 g/mol. The highest BCUT2D eigenvalue weighted by atomic mass is 32.2. The number of carboxylic acids is 1. The van der Waals surface area contributed by atoms with E-state index in [-0.39, 0.29) is 17.9 Å². The van der Waals surface area contributed by atoms with Crippen LogP contribution < -0.4 is 5.32 Å². The standard InChI is InChI=1S/C14H17NO3S/c1-2-8-19-9-7-15-13(16)10-11-3-5-12(6-4-11)14(17)18/h2-6H,1,7-10H2,(H,15,16)(H,17,18). The topological polar surface area (TPSA) is 66.4 Å². The summed E-state index contributed by atoms with van der Waals surface area (Å²) in [5.74, 6) is 0.722. The van der Waals surface area contributed by atoms with Gasteiger partial charge in [0.15, 0.2) is 0 Å². The van der Waals surface area contributed by atoms with Crippen molar-refractivity contribution in [3.8, 4) is 0 Å². The first kappa shape index (κ1) is 15.3. The van der Waals surface area contributed by atoms with Crippen LogP contribution in [0, 0.1) is 0 Å². The van der Waals surface area contributed by atoms with Crippen molar-refractivity contribution in [3.05, 3.63) is 48.0 Å². The first-order valence-electron chi connectivity index (χ1n) is 5.91. The van der Waals surface area contributed by atoms with Gasteiger partial charge in [-0.05, 0) is 17.7 Å². The minimum absolute atomic E-state index is 0.0534. The highest BCUT2D eigenvalue weighted by molar-refractivity contribution is 7.99. The summed E-state index contributed by atoms with van der Waals surface area (Å²) in [4.78, 5) is 22.3. The zero-order valence-corrected chi connectivity index (χ0v) is 11.4. The molecule has 1 amide bonds. The van der Waals surface area contributed by atoms with Gasteiger partial charge in [0.2, 0.25) is 5.91 Å². The van der Waals surface area contributed by atoms with Gasteiger partial charge in [0, 0.05) is 18.1 Å². The van der Waals surface area contributed by atoms with Crippen LogP contribution in [0.2, 0.25) is 0 Å². The summed E-state index contributed by atoms with van der Waals surface area (Å²) >= 11 is 1.71. The Morgan fingerprint density at radius 2 is 2.00 bits per heavy atom. The number of rotatable bonds is 8. The third kappa shape index (κ3) is 6.10. The van der Waals surface area contributed by atoms with Gasteiger partial charge in [-0.2, -0.15) is 11.8 Å². The van der Waals surface area contributed by atoms with Crippen LogP contribution in [0.25, 0.3) is 0 Å². The number of aromatic carboxylic acids is 1. The fourth-order valence-corrected chi connectivity index (χ4v) is 2.02. The van der Waals surface area contributed by atoms with E-state index in [1.807, 2.05) is 6.08 Å². The van der Waals surface area contributed by atoms with Crippen LogP contribution in [0.15, 0.2) is 36.9 Å². The number of hydrogen-bond donors (Lipinski definition) is 2. The molecule has 102 valence electrons. The Bertz CT molecular complexity index is 443. The molecule has 0 unspecified atom stereocenters. The maximum absolute atomic E-state index is 11.6. The Balaban J connectivity index is 2.31. The second-order valence-electron chi connectivity index (χ2n) is 3.89. The number of hydrogen-bond acceptors (Lipinski definition) is 3. The lowest BCUT2D eigenvalue weighted by atomic mass is 10.1. The number of carboxylic acid groups (broad SMARTS) is 1. The predicted octanol–water partition coefficient (Wildman–Crippen LogP) is 1.96. The molecule has 0 bridgehead atoms. The first-order valence-corrected chi connectivity index (χ1v) is 7.06. The van der Waals surface area contributed by atoms with E-state index < -0.39 is 5.97 Å². The van der Waals surface area contributed by atoms with Crippen LogP contribution in [-0.4, -0.2) is 35.0 Å². The second kappa shape index (κ2) is 8.37. The van der Waals surface area contributed by atoms with Gasteiger partial charge in [-0.3, -0.25) is 4.79 Å². The summed E-state index contributed by atoms with van der Waals surface area (Å²) in [5, 5.41) is 11.6. The summed E-state index contributed by atoms with van der Waals surface area (Å²) in [6, 6.07) is 6.33. The Kier molecular flexibility index (Phi) is 6.74. The lowest BCUT2D eigenvalue weighted by molar-refractivity contribution is -0.120. The van der Waals surface area contributed by atoms with Crippen LogP contribution in [0.5, 0.6) is 0 Å². The molecule has 0 aliphatic rings. The lowest BCUT2D eigenvalue weighted by Gasteiger charge is -2.05. The van der Waals surface area contributed by atoms with Crippen molar-refractivity contribution < 1.29 is 14.7 Å². The van der Waals surface area contributed by atoms with Crippen molar-refractivity contribution in [1.29, 1.82) is 0 Å². The Labute approximate surface area is 116 Å². The van der Waals surface area contributed by atoms with Gasteiger partial charge in [0.25, 0.3) is 0 Å². The van der Waals surface area contributed by atoms with Crippen molar-refractivity contribution in [2.24, 2.45) is 0 Å². The third-order valence-electron chi connectivity index (χ3n) is 2.37. The highest BCUT2D eigenvalue weighted by Gasteiger charge is 2.05. The molecule has 4 nitrogen and oxygen atoms in total. The van der Waals surface area contributed by atoms with Crippen LogP contribution in [0.4, 0.5) is 0 Å². The van der Waals surface area contributed by atoms with E-state index in [0.29, 0.717) is 6.54 Å². The molecule has 0 aliphatic heterocycles.